The molecule has 13 heteroatoms. The molecule has 2 aliphatic rings. The SMILES string of the molecule is CCOC(=O)CN1CCN(CCCOc2cccc(-c3ccc(N4CCc5cccc(C(=O)Nc6nc7ccccc7s6)c5C4)nc3C(=O)O)c2C)CC1. The van der Waals surface area contributed by atoms with Crippen LogP contribution in [-0.4, -0.2) is 102 Å². The van der Waals surface area contributed by atoms with Crippen LogP contribution in [-0.2, 0) is 22.5 Å². The van der Waals surface area contributed by atoms with E-state index in [1.807, 2.05) is 91.5 Å². The highest BCUT2D eigenvalue weighted by molar-refractivity contribution is 7.22. The highest BCUT2D eigenvalue weighted by Gasteiger charge is 2.26. The number of fused-ring (bicyclic) bond motifs is 2. The molecule has 5 aromatic rings. The molecule has 1 amide bonds. The number of rotatable bonds is 13. The van der Waals surface area contributed by atoms with E-state index in [1.165, 1.54) is 11.3 Å². The van der Waals surface area contributed by atoms with Gasteiger partial charge < -0.3 is 24.4 Å². The van der Waals surface area contributed by atoms with Gasteiger partial charge in [0.15, 0.2) is 10.8 Å². The van der Waals surface area contributed by atoms with Crippen LogP contribution in [0, 0.1) is 6.92 Å². The van der Waals surface area contributed by atoms with Crippen LogP contribution < -0.4 is 15.0 Å². The van der Waals surface area contributed by atoms with Gasteiger partial charge in [-0.2, -0.15) is 0 Å². The molecule has 1 saturated heterocycles. The van der Waals surface area contributed by atoms with Gasteiger partial charge in [0.25, 0.3) is 5.91 Å². The van der Waals surface area contributed by atoms with Gasteiger partial charge in [0.05, 0.1) is 30.0 Å². The molecule has 7 rings (SSSR count). The summed E-state index contributed by atoms with van der Waals surface area (Å²) < 4.78 is 12.3. The van der Waals surface area contributed by atoms with Gasteiger partial charge >= 0.3 is 11.9 Å². The molecule has 0 spiro atoms. The molecule has 0 unspecified atom stereocenters. The number of carbonyl (C=O) groups is 3. The maximum absolute atomic E-state index is 13.5. The summed E-state index contributed by atoms with van der Waals surface area (Å²) in [7, 11) is 0. The summed E-state index contributed by atoms with van der Waals surface area (Å²) in [6.45, 7) is 10.4. The molecule has 0 atom stereocenters. The lowest BCUT2D eigenvalue weighted by Gasteiger charge is -2.34. The van der Waals surface area contributed by atoms with Crippen molar-refractivity contribution in [1.82, 2.24) is 19.8 Å². The third-order valence-electron chi connectivity index (χ3n) is 10.0. The zero-order valence-corrected chi connectivity index (χ0v) is 31.4. The van der Waals surface area contributed by atoms with Crippen molar-refractivity contribution < 1.29 is 29.0 Å². The van der Waals surface area contributed by atoms with Gasteiger partial charge in [-0.15, -0.1) is 0 Å². The van der Waals surface area contributed by atoms with Crippen molar-refractivity contribution in [1.29, 1.82) is 0 Å². The van der Waals surface area contributed by atoms with Crippen molar-refractivity contribution in [3.63, 3.8) is 0 Å². The molecule has 1 fully saturated rings. The molecule has 12 nitrogen and oxygen atoms in total. The van der Waals surface area contributed by atoms with Crippen molar-refractivity contribution in [2.45, 2.75) is 33.2 Å². The number of carboxylic acids is 1. The Morgan fingerprint density at radius 1 is 0.889 bits per heavy atom. The number of nitrogens with one attached hydrogen (secondary N) is 1. The Labute approximate surface area is 318 Å². The summed E-state index contributed by atoms with van der Waals surface area (Å²) in [5, 5.41) is 13.9. The van der Waals surface area contributed by atoms with Crippen LogP contribution in [0.1, 0.15) is 50.9 Å². The van der Waals surface area contributed by atoms with Crippen LogP contribution in [0.3, 0.4) is 0 Å². The second-order valence-corrected chi connectivity index (χ2v) is 14.5. The number of hydrogen-bond acceptors (Lipinski definition) is 11. The fourth-order valence-corrected chi connectivity index (χ4v) is 8.04. The van der Waals surface area contributed by atoms with E-state index >= 15 is 0 Å². The molecule has 280 valence electrons. The minimum Gasteiger partial charge on any atom is -0.493 e. The van der Waals surface area contributed by atoms with E-state index < -0.39 is 5.97 Å². The summed E-state index contributed by atoms with van der Waals surface area (Å²) in [5.41, 5.74) is 5.45. The number of anilines is 2. The number of nitrogens with zero attached hydrogens (tertiary/aromatic N) is 5. The minimum atomic E-state index is -1.12. The van der Waals surface area contributed by atoms with E-state index in [9.17, 15) is 19.5 Å². The van der Waals surface area contributed by atoms with Crippen LogP contribution in [0.4, 0.5) is 10.9 Å². The van der Waals surface area contributed by atoms with Crippen LogP contribution in [0.5, 0.6) is 5.75 Å². The number of carboxylic acid groups (broad SMARTS) is 1. The molecule has 0 radical (unpaired) electrons. The first-order valence-electron chi connectivity index (χ1n) is 18.4. The first kappa shape index (κ1) is 37.0. The van der Waals surface area contributed by atoms with E-state index in [2.05, 4.69) is 25.1 Å². The Kier molecular flexibility index (Phi) is 11.5. The van der Waals surface area contributed by atoms with E-state index in [4.69, 9.17) is 9.47 Å². The van der Waals surface area contributed by atoms with Crippen molar-refractivity contribution in [2.75, 3.05) is 69.2 Å². The zero-order chi connectivity index (χ0) is 37.6. The van der Waals surface area contributed by atoms with Crippen molar-refractivity contribution in [2.24, 2.45) is 0 Å². The Morgan fingerprint density at radius 2 is 1.69 bits per heavy atom. The molecule has 3 aromatic carbocycles. The fourth-order valence-electron chi connectivity index (χ4n) is 7.18. The van der Waals surface area contributed by atoms with E-state index in [0.717, 1.165) is 71.6 Å². The second kappa shape index (κ2) is 16.8. The lowest BCUT2D eigenvalue weighted by molar-refractivity contribution is -0.144. The number of carbonyl (C=O) groups excluding carboxylic acids is 2. The number of para-hydroxylation sites is 1. The second-order valence-electron chi connectivity index (χ2n) is 13.5. The Bertz CT molecular complexity index is 2130. The molecular formula is C41H44N6O6S. The topological polar surface area (TPSA) is 137 Å². The summed E-state index contributed by atoms with van der Waals surface area (Å²) in [6, 6.07) is 22.9. The predicted molar refractivity (Wildman–Crippen MR) is 210 cm³/mol. The Balaban J connectivity index is 1.00. The fraction of sp³-hybridized carbons (Fsp3) is 0.341. The predicted octanol–water partition coefficient (Wildman–Crippen LogP) is 6.13. The van der Waals surface area contributed by atoms with Crippen LogP contribution in [0.25, 0.3) is 21.3 Å². The quantitative estimate of drug-likeness (QED) is 0.106. The molecule has 2 aromatic heterocycles. The molecule has 0 saturated carbocycles. The highest BCUT2D eigenvalue weighted by Crippen LogP contribution is 2.35. The third-order valence-corrected chi connectivity index (χ3v) is 11.0. The molecular weight excluding hydrogens is 705 g/mol. The largest absolute Gasteiger partial charge is 0.493 e. The lowest BCUT2D eigenvalue weighted by atomic mass is 9.94. The lowest BCUT2D eigenvalue weighted by Crippen LogP contribution is -2.48. The van der Waals surface area contributed by atoms with Crippen LogP contribution in [0.15, 0.2) is 72.8 Å². The van der Waals surface area contributed by atoms with Crippen molar-refractivity contribution in [3.8, 4) is 16.9 Å². The van der Waals surface area contributed by atoms with Gasteiger partial charge in [-0.25, -0.2) is 14.8 Å². The van der Waals surface area contributed by atoms with Gasteiger partial charge in [0, 0.05) is 56.9 Å². The van der Waals surface area contributed by atoms with E-state index in [0.29, 0.717) is 67.1 Å². The van der Waals surface area contributed by atoms with Crippen molar-refractivity contribution >= 4 is 50.3 Å². The summed E-state index contributed by atoms with van der Waals surface area (Å²) >= 11 is 1.43. The standard InChI is InChI=1S/C41H44N6O6S/c1-3-52-37(48)26-46-22-20-45(21-23-46)18-8-24-53-34-13-7-10-29(27(34)2)30-15-16-36(43-38(30)40(50)51)47-19-17-28-9-6-11-31(32(28)25-47)39(49)44-41-42-33-12-4-5-14-35(33)54-41/h4-7,9-16H,3,8,17-26H2,1-2H3,(H,50,51)(H,42,44,49). The average Bonchev–Trinajstić information content (AvgIpc) is 3.59. The van der Waals surface area contributed by atoms with Gasteiger partial charge in [-0.05, 0) is 85.3 Å². The van der Waals surface area contributed by atoms with Gasteiger partial charge in [-0.1, -0.05) is 47.7 Å². The number of ether oxygens (including phenoxy) is 2. The van der Waals surface area contributed by atoms with Crippen LogP contribution >= 0.6 is 11.3 Å². The Morgan fingerprint density at radius 3 is 2.48 bits per heavy atom. The number of benzene rings is 3. The minimum absolute atomic E-state index is 0.0393. The maximum Gasteiger partial charge on any atom is 0.355 e. The normalized spacial score (nSPS) is 14.8. The summed E-state index contributed by atoms with van der Waals surface area (Å²) in [5.74, 6) is -0.281. The van der Waals surface area contributed by atoms with E-state index in [1.54, 1.807) is 0 Å². The van der Waals surface area contributed by atoms with Gasteiger partial charge in [0.2, 0.25) is 0 Å². The maximum atomic E-state index is 13.5. The number of thiazole rings is 1. The number of piperazine rings is 1. The molecule has 54 heavy (non-hydrogen) atoms. The number of amides is 1. The Hall–Kier alpha value is -5.37. The summed E-state index contributed by atoms with van der Waals surface area (Å²) in [4.78, 5) is 53.8. The number of esters is 1. The molecule has 0 bridgehead atoms. The number of pyridine rings is 1. The number of aromatic carboxylic acids is 1. The number of hydrogen-bond donors (Lipinski definition) is 2. The molecule has 2 aliphatic heterocycles. The highest BCUT2D eigenvalue weighted by atomic mass is 32.1. The molecule has 4 heterocycles. The first-order chi connectivity index (χ1) is 26.3. The third kappa shape index (κ3) is 8.38. The first-order valence-corrected chi connectivity index (χ1v) is 19.2. The zero-order valence-electron chi connectivity index (χ0n) is 30.5. The van der Waals surface area contributed by atoms with Gasteiger partial charge in [-0.3, -0.25) is 19.8 Å². The van der Waals surface area contributed by atoms with Crippen molar-refractivity contribution in [3.05, 3.63) is 101 Å². The molecule has 2 N–H and O–H groups in total. The monoisotopic (exact) mass is 748 g/mol. The van der Waals surface area contributed by atoms with E-state index in [-0.39, 0.29) is 17.6 Å². The molecule has 0 aliphatic carbocycles. The average molecular weight is 749 g/mol. The van der Waals surface area contributed by atoms with Gasteiger partial charge in [0.1, 0.15) is 11.6 Å². The van der Waals surface area contributed by atoms with Crippen LogP contribution in [0.2, 0.25) is 0 Å². The summed E-state index contributed by atoms with van der Waals surface area (Å²) in [6.07, 6.45) is 1.52. The number of aromatic nitrogens is 2. The smallest absolute Gasteiger partial charge is 0.355 e.